The molecule has 0 saturated carbocycles. The summed E-state index contributed by atoms with van der Waals surface area (Å²) in [5.41, 5.74) is -0.0664. The van der Waals surface area contributed by atoms with Crippen LogP contribution >= 0.6 is 15.9 Å². The standard InChI is InChI=1S/C21H22BrNO5/c1-21(2)20(23-8-10-26-11-9-23)27-18-15(22)12-14(17(25)19(18)28-21)16(24)13-6-4-3-5-7-13/h3-7,12,20,25H,8-11H2,1-2H3. The molecule has 1 fully saturated rings. The molecule has 28 heavy (non-hydrogen) atoms. The first kappa shape index (κ1) is 19.2. The monoisotopic (exact) mass is 447 g/mol. The molecule has 0 radical (unpaired) electrons. The average Bonchev–Trinajstić information content (AvgIpc) is 2.70. The van der Waals surface area contributed by atoms with Crippen LogP contribution in [0.2, 0.25) is 0 Å². The Kier molecular flexibility index (Phi) is 5.07. The van der Waals surface area contributed by atoms with Crippen molar-refractivity contribution in [2.45, 2.75) is 25.7 Å². The lowest BCUT2D eigenvalue weighted by molar-refractivity contribution is -0.144. The first-order valence-electron chi connectivity index (χ1n) is 9.21. The highest BCUT2D eigenvalue weighted by Crippen LogP contribution is 2.50. The van der Waals surface area contributed by atoms with Crippen molar-refractivity contribution in [3.63, 3.8) is 0 Å². The molecule has 0 aromatic heterocycles. The molecule has 148 valence electrons. The molecule has 1 unspecified atom stereocenters. The molecule has 0 bridgehead atoms. The van der Waals surface area contributed by atoms with Gasteiger partial charge in [0.25, 0.3) is 0 Å². The summed E-state index contributed by atoms with van der Waals surface area (Å²) in [6.45, 7) is 6.58. The zero-order chi connectivity index (χ0) is 19.9. The van der Waals surface area contributed by atoms with Gasteiger partial charge in [0.15, 0.2) is 29.1 Å². The summed E-state index contributed by atoms with van der Waals surface area (Å²) in [5, 5.41) is 10.8. The number of hydrogen-bond acceptors (Lipinski definition) is 6. The van der Waals surface area contributed by atoms with Crippen LogP contribution in [0.15, 0.2) is 40.9 Å². The average molecular weight is 448 g/mol. The third-order valence-electron chi connectivity index (χ3n) is 5.01. The Hall–Kier alpha value is -2.09. The molecule has 2 aromatic rings. The number of phenolic OH excluding ortho intramolecular Hbond substituents is 1. The van der Waals surface area contributed by atoms with Crippen LogP contribution in [0, 0.1) is 0 Å². The van der Waals surface area contributed by atoms with Crippen molar-refractivity contribution in [1.29, 1.82) is 0 Å². The van der Waals surface area contributed by atoms with Gasteiger partial charge in [-0.25, -0.2) is 0 Å². The van der Waals surface area contributed by atoms with E-state index in [4.69, 9.17) is 14.2 Å². The maximum Gasteiger partial charge on any atom is 0.206 e. The van der Waals surface area contributed by atoms with Gasteiger partial charge in [-0.05, 0) is 35.8 Å². The lowest BCUT2D eigenvalue weighted by Crippen LogP contribution is -2.60. The lowest BCUT2D eigenvalue weighted by Gasteiger charge is -2.46. The van der Waals surface area contributed by atoms with Gasteiger partial charge in [-0.1, -0.05) is 30.3 Å². The van der Waals surface area contributed by atoms with E-state index >= 15 is 0 Å². The molecule has 1 N–H and O–H groups in total. The molecule has 0 aliphatic carbocycles. The molecule has 2 aliphatic heterocycles. The molecule has 1 saturated heterocycles. The van der Waals surface area contributed by atoms with Gasteiger partial charge in [0.2, 0.25) is 5.75 Å². The van der Waals surface area contributed by atoms with E-state index in [0.29, 0.717) is 29.0 Å². The number of nitrogens with zero attached hydrogens (tertiary/aromatic N) is 1. The summed E-state index contributed by atoms with van der Waals surface area (Å²) in [6, 6.07) is 10.4. The highest BCUT2D eigenvalue weighted by atomic mass is 79.9. The number of rotatable bonds is 3. The van der Waals surface area contributed by atoms with E-state index in [1.165, 1.54) is 0 Å². The van der Waals surface area contributed by atoms with E-state index in [-0.39, 0.29) is 29.1 Å². The summed E-state index contributed by atoms with van der Waals surface area (Å²) < 4.78 is 18.4. The molecule has 4 rings (SSSR count). The Morgan fingerprint density at radius 1 is 1.18 bits per heavy atom. The number of ketones is 1. The van der Waals surface area contributed by atoms with Crippen molar-refractivity contribution in [2.75, 3.05) is 26.3 Å². The Balaban J connectivity index is 1.73. The highest BCUT2D eigenvalue weighted by Gasteiger charge is 2.45. The number of benzene rings is 2. The molecule has 1 atom stereocenters. The van der Waals surface area contributed by atoms with E-state index in [2.05, 4.69) is 20.8 Å². The summed E-state index contributed by atoms with van der Waals surface area (Å²) in [4.78, 5) is 15.0. The second-order valence-electron chi connectivity index (χ2n) is 7.43. The largest absolute Gasteiger partial charge is 0.504 e. The van der Waals surface area contributed by atoms with Crippen LogP contribution in [0.25, 0.3) is 0 Å². The summed E-state index contributed by atoms with van der Waals surface area (Å²) in [6.07, 6.45) is -0.338. The van der Waals surface area contributed by atoms with E-state index in [1.807, 2.05) is 19.9 Å². The summed E-state index contributed by atoms with van der Waals surface area (Å²) in [5.74, 6) is 0.0972. The van der Waals surface area contributed by atoms with Crippen LogP contribution in [0.1, 0.15) is 29.8 Å². The van der Waals surface area contributed by atoms with Crippen molar-refractivity contribution < 1.29 is 24.1 Å². The second-order valence-corrected chi connectivity index (χ2v) is 8.29. The fourth-order valence-electron chi connectivity index (χ4n) is 3.61. The van der Waals surface area contributed by atoms with Gasteiger partial charge >= 0.3 is 0 Å². The van der Waals surface area contributed by atoms with Crippen molar-refractivity contribution in [3.8, 4) is 17.2 Å². The molecule has 2 aliphatic rings. The Bertz CT molecular complexity index is 893. The minimum Gasteiger partial charge on any atom is -0.504 e. The SMILES string of the molecule is CC1(C)Oc2c(O)c(C(=O)c3ccccc3)cc(Br)c2OC1N1CCOCC1. The predicted molar refractivity (Wildman–Crippen MR) is 107 cm³/mol. The van der Waals surface area contributed by atoms with Gasteiger partial charge in [0.1, 0.15) is 0 Å². The number of carbonyl (C=O) groups is 1. The molecule has 7 heteroatoms. The number of halogens is 1. The maximum absolute atomic E-state index is 12.9. The Morgan fingerprint density at radius 3 is 2.54 bits per heavy atom. The number of phenols is 1. The van der Waals surface area contributed by atoms with Gasteiger partial charge in [-0.2, -0.15) is 0 Å². The molecular weight excluding hydrogens is 426 g/mol. The van der Waals surface area contributed by atoms with Crippen LogP contribution in [-0.2, 0) is 4.74 Å². The van der Waals surface area contributed by atoms with Gasteiger partial charge in [0.05, 0.1) is 23.2 Å². The van der Waals surface area contributed by atoms with Crippen LogP contribution in [0.5, 0.6) is 17.2 Å². The van der Waals surface area contributed by atoms with Crippen molar-refractivity contribution in [3.05, 3.63) is 52.0 Å². The maximum atomic E-state index is 12.9. The summed E-state index contributed by atoms with van der Waals surface area (Å²) >= 11 is 3.49. The van der Waals surface area contributed by atoms with Crippen LogP contribution in [0.3, 0.4) is 0 Å². The molecule has 6 nitrogen and oxygen atoms in total. The first-order chi connectivity index (χ1) is 13.4. The van der Waals surface area contributed by atoms with Gasteiger partial charge in [-0.3, -0.25) is 9.69 Å². The van der Waals surface area contributed by atoms with Gasteiger partial charge in [-0.15, -0.1) is 0 Å². The minimum atomic E-state index is -0.727. The van der Waals surface area contributed by atoms with E-state index in [1.54, 1.807) is 30.3 Å². The zero-order valence-corrected chi connectivity index (χ0v) is 17.4. The Labute approximate surface area is 172 Å². The quantitative estimate of drug-likeness (QED) is 0.724. The molecular formula is C21H22BrNO5. The number of fused-ring (bicyclic) bond motifs is 1. The number of hydrogen-bond donors (Lipinski definition) is 1. The molecule has 2 heterocycles. The zero-order valence-electron chi connectivity index (χ0n) is 15.8. The molecule has 0 amide bonds. The van der Waals surface area contributed by atoms with Crippen LogP contribution in [0.4, 0.5) is 0 Å². The second kappa shape index (κ2) is 7.39. The van der Waals surface area contributed by atoms with E-state index < -0.39 is 5.60 Å². The van der Waals surface area contributed by atoms with Crippen LogP contribution < -0.4 is 9.47 Å². The van der Waals surface area contributed by atoms with Crippen molar-refractivity contribution in [2.24, 2.45) is 0 Å². The first-order valence-corrected chi connectivity index (χ1v) is 10.0. The Morgan fingerprint density at radius 2 is 1.86 bits per heavy atom. The number of ether oxygens (including phenoxy) is 3. The third kappa shape index (κ3) is 3.38. The molecule has 2 aromatic carbocycles. The number of carbonyl (C=O) groups excluding carboxylic acids is 1. The minimum absolute atomic E-state index is 0.168. The lowest BCUT2D eigenvalue weighted by atomic mass is 9.99. The van der Waals surface area contributed by atoms with Gasteiger partial charge in [0, 0.05) is 18.7 Å². The smallest absolute Gasteiger partial charge is 0.206 e. The summed E-state index contributed by atoms with van der Waals surface area (Å²) in [7, 11) is 0. The number of morpholine rings is 1. The highest BCUT2D eigenvalue weighted by molar-refractivity contribution is 9.10. The fraction of sp³-hybridized carbons (Fsp3) is 0.381. The molecule has 0 spiro atoms. The van der Waals surface area contributed by atoms with Gasteiger partial charge < -0.3 is 19.3 Å². The van der Waals surface area contributed by atoms with Crippen molar-refractivity contribution in [1.82, 2.24) is 4.90 Å². The fourth-order valence-corrected chi connectivity index (χ4v) is 4.12. The van der Waals surface area contributed by atoms with E-state index in [0.717, 1.165) is 13.1 Å². The van der Waals surface area contributed by atoms with Crippen LogP contribution in [-0.4, -0.2) is 53.9 Å². The third-order valence-corrected chi connectivity index (χ3v) is 5.60. The normalized spacial score (nSPS) is 21.3. The van der Waals surface area contributed by atoms with Crippen molar-refractivity contribution >= 4 is 21.7 Å². The topological polar surface area (TPSA) is 68.2 Å². The van der Waals surface area contributed by atoms with E-state index in [9.17, 15) is 9.90 Å². The number of aromatic hydroxyl groups is 1. The predicted octanol–water partition coefficient (Wildman–Crippen LogP) is 3.59.